The van der Waals surface area contributed by atoms with Crippen molar-refractivity contribution < 1.29 is 0 Å². The topological polar surface area (TPSA) is 0 Å². The van der Waals surface area contributed by atoms with Crippen molar-refractivity contribution in [2.45, 2.75) is 0 Å². The van der Waals surface area contributed by atoms with Crippen LogP contribution >= 0.6 is 0 Å². The summed E-state index contributed by atoms with van der Waals surface area (Å²) in [6.45, 7) is 0. The van der Waals surface area contributed by atoms with Crippen LogP contribution in [0, 0.1) is 0 Å². The largest absolute Gasteiger partial charge is 0.0622 e. The first-order chi connectivity index (χ1) is 48.6. The highest BCUT2D eigenvalue weighted by Gasteiger charge is 2.21. The lowest BCUT2D eigenvalue weighted by atomic mass is 9.83. The molecule has 0 aliphatic rings. The normalized spacial score (nSPS) is 11.5. The Morgan fingerprint density at radius 3 is 0.847 bits per heavy atom. The predicted molar refractivity (Wildman–Crippen MR) is 422 cm³/mol. The van der Waals surface area contributed by atoms with Crippen LogP contribution in [0.1, 0.15) is 0 Å². The molecule has 0 fully saturated rings. The molecule has 0 heterocycles. The molecular formula is C98H64. The molecule has 19 rings (SSSR count). The SMILES string of the molecule is c1ccc(-c2ccc(-c3c4ccccc4c(-c4ccc5ccc(-c6ccccc6)cc5c4)c4ccccc34)cc2)cc1.c1ccc(-c2ccccc2-c2c3ccccc3c(-c3ccc4ccc(-c5ccc(-c6cc7ccccc7c7ccccc67)cc5)cc4c3)c3ccccc23)cc1. The van der Waals surface area contributed by atoms with E-state index < -0.39 is 0 Å². The maximum atomic E-state index is 2.39. The molecular weight excluding hydrogens is 1180 g/mol. The van der Waals surface area contributed by atoms with E-state index >= 15 is 0 Å². The fraction of sp³-hybridized carbons (Fsp3) is 0. The van der Waals surface area contributed by atoms with Gasteiger partial charge in [0, 0.05) is 0 Å². The van der Waals surface area contributed by atoms with Gasteiger partial charge in [-0.3, -0.25) is 0 Å². The van der Waals surface area contributed by atoms with Crippen LogP contribution in [-0.4, -0.2) is 0 Å². The van der Waals surface area contributed by atoms with E-state index in [0.29, 0.717) is 0 Å². The van der Waals surface area contributed by atoms with E-state index in [4.69, 9.17) is 0 Å². The highest BCUT2D eigenvalue weighted by atomic mass is 14.2. The molecule has 0 heteroatoms. The molecule has 0 radical (unpaired) electrons. The van der Waals surface area contributed by atoms with Gasteiger partial charge in [-0.05, 0) is 217 Å². The zero-order chi connectivity index (χ0) is 64.9. The lowest BCUT2D eigenvalue weighted by Crippen LogP contribution is -1.92. The summed E-state index contributed by atoms with van der Waals surface area (Å²) in [6, 6.07) is 142. The zero-order valence-corrected chi connectivity index (χ0v) is 54.0. The summed E-state index contributed by atoms with van der Waals surface area (Å²) in [5, 5.41) is 20.3. The molecule has 0 saturated heterocycles. The minimum atomic E-state index is 1.21. The molecule has 0 spiro atoms. The van der Waals surface area contributed by atoms with Gasteiger partial charge < -0.3 is 0 Å². The highest BCUT2D eigenvalue weighted by Crippen LogP contribution is 2.48. The van der Waals surface area contributed by atoms with Gasteiger partial charge in [-0.25, -0.2) is 0 Å². The van der Waals surface area contributed by atoms with Gasteiger partial charge in [0.2, 0.25) is 0 Å². The Morgan fingerprint density at radius 1 is 0.102 bits per heavy atom. The fourth-order valence-corrected chi connectivity index (χ4v) is 15.4. The van der Waals surface area contributed by atoms with Crippen molar-refractivity contribution in [3.63, 3.8) is 0 Å². The quantitative estimate of drug-likeness (QED) is 0.0998. The smallest absolute Gasteiger partial charge is 0.00201 e. The third-order valence-electron chi connectivity index (χ3n) is 20.1. The van der Waals surface area contributed by atoms with Gasteiger partial charge in [-0.15, -0.1) is 0 Å². The van der Waals surface area contributed by atoms with Gasteiger partial charge in [0.1, 0.15) is 0 Å². The average Bonchev–Trinajstić information content (AvgIpc) is 0.745. The van der Waals surface area contributed by atoms with E-state index in [2.05, 4.69) is 388 Å². The molecule has 0 amide bonds. The number of fused-ring (bicyclic) bond motifs is 9. The molecule has 0 aliphatic heterocycles. The maximum absolute atomic E-state index is 2.39. The molecule has 456 valence electrons. The van der Waals surface area contributed by atoms with Crippen molar-refractivity contribution in [3.05, 3.63) is 388 Å². The molecule has 98 heavy (non-hydrogen) atoms. The van der Waals surface area contributed by atoms with Gasteiger partial charge in [0.25, 0.3) is 0 Å². The Labute approximate surface area is 570 Å². The molecule has 0 atom stereocenters. The van der Waals surface area contributed by atoms with Gasteiger partial charge in [0.15, 0.2) is 0 Å². The first kappa shape index (κ1) is 57.9. The molecule has 0 saturated carbocycles. The lowest BCUT2D eigenvalue weighted by Gasteiger charge is -2.20. The number of benzene rings is 19. The van der Waals surface area contributed by atoms with Crippen molar-refractivity contribution in [2.75, 3.05) is 0 Å². The Balaban J connectivity index is 0.000000148. The van der Waals surface area contributed by atoms with Crippen LogP contribution in [0.5, 0.6) is 0 Å². The third-order valence-corrected chi connectivity index (χ3v) is 20.1. The van der Waals surface area contributed by atoms with Crippen LogP contribution in [0.25, 0.3) is 186 Å². The number of rotatable bonds is 9. The Bertz CT molecular complexity index is 6130. The van der Waals surface area contributed by atoms with Crippen molar-refractivity contribution >= 4 is 86.2 Å². The van der Waals surface area contributed by atoms with Crippen LogP contribution in [0.3, 0.4) is 0 Å². The standard InChI is InChI=1S/C56H36.C42H28/c1-2-14-39(15-3-1)45-17-6-9-21-49(45)56-52-24-12-10-22-50(52)55(51-23-11-13-25-53(51)56)43-33-29-38-28-32-41(34-44(38)35-43)37-26-30-40(31-27-37)54-36-42-16-4-5-18-46(42)47-19-7-8-20-48(47)54;1-3-11-29(12-4-1)31-19-23-33(24-20-31)41-37-15-7-9-17-39(37)42(40-18-10-8-16-38(40)41)35-26-22-32-21-25-34(27-36(32)28-35)30-13-5-2-6-14-30/h1-36H;1-28H. The van der Waals surface area contributed by atoms with Crippen molar-refractivity contribution in [1.29, 1.82) is 0 Å². The maximum Gasteiger partial charge on any atom is -0.00201 e. The summed E-state index contributed by atoms with van der Waals surface area (Å²) >= 11 is 0. The third kappa shape index (κ3) is 10.4. The van der Waals surface area contributed by atoms with E-state index in [9.17, 15) is 0 Å². The van der Waals surface area contributed by atoms with Crippen LogP contribution in [0.4, 0.5) is 0 Å². The van der Waals surface area contributed by atoms with Gasteiger partial charge in [-0.2, -0.15) is 0 Å². The second-order valence-electron chi connectivity index (χ2n) is 25.7. The van der Waals surface area contributed by atoms with Gasteiger partial charge >= 0.3 is 0 Å². The number of hydrogen-bond donors (Lipinski definition) is 0. The first-order valence-corrected chi connectivity index (χ1v) is 33.9. The molecule has 0 nitrogen and oxygen atoms in total. The highest BCUT2D eigenvalue weighted by molar-refractivity contribution is 6.24. The van der Waals surface area contributed by atoms with E-state index in [1.807, 2.05) is 0 Å². The fourth-order valence-electron chi connectivity index (χ4n) is 15.4. The molecule has 0 aromatic heterocycles. The van der Waals surface area contributed by atoms with Crippen molar-refractivity contribution in [2.24, 2.45) is 0 Å². The summed E-state index contributed by atoms with van der Waals surface area (Å²) in [6.07, 6.45) is 0. The Kier molecular flexibility index (Phi) is 14.7. The molecule has 19 aromatic carbocycles. The summed E-state index contributed by atoms with van der Waals surface area (Å²) in [5.74, 6) is 0. The van der Waals surface area contributed by atoms with Crippen molar-refractivity contribution in [3.8, 4) is 100 Å². The molecule has 19 aromatic rings. The molecule has 0 unspecified atom stereocenters. The minimum absolute atomic E-state index is 1.21. The Hall–Kier alpha value is -12.7. The second kappa shape index (κ2) is 24.9. The lowest BCUT2D eigenvalue weighted by molar-refractivity contribution is 1.61. The summed E-state index contributed by atoms with van der Waals surface area (Å²) in [7, 11) is 0. The van der Waals surface area contributed by atoms with Crippen molar-refractivity contribution in [1.82, 2.24) is 0 Å². The predicted octanol–water partition coefficient (Wildman–Crippen LogP) is 27.6. The van der Waals surface area contributed by atoms with E-state index in [0.717, 1.165) is 0 Å². The van der Waals surface area contributed by atoms with E-state index in [-0.39, 0.29) is 0 Å². The first-order valence-electron chi connectivity index (χ1n) is 33.9. The monoisotopic (exact) mass is 1240 g/mol. The van der Waals surface area contributed by atoms with Crippen LogP contribution in [-0.2, 0) is 0 Å². The van der Waals surface area contributed by atoms with Crippen LogP contribution in [0.2, 0.25) is 0 Å². The van der Waals surface area contributed by atoms with Gasteiger partial charge in [0.05, 0.1) is 0 Å². The zero-order valence-electron chi connectivity index (χ0n) is 54.0. The molecule has 0 aliphatic carbocycles. The Morgan fingerprint density at radius 2 is 0.378 bits per heavy atom. The summed E-state index contributed by atoms with van der Waals surface area (Å²) < 4.78 is 0. The van der Waals surface area contributed by atoms with Crippen LogP contribution < -0.4 is 0 Å². The second-order valence-corrected chi connectivity index (χ2v) is 25.7. The minimum Gasteiger partial charge on any atom is -0.0622 e. The number of hydrogen-bond acceptors (Lipinski definition) is 0. The summed E-state index contributed by atoms with van der Waals surface area (Å²) in [4.78, 5) is 0. The van der Waals surface area contributed by atoms with E-state index in [1.165, 1.54) is 186 Å². The van der Waals surface area contributed by atoms with Gasteiger partial charge in [-0.1, -0.05) is 358 Å². The van der Waals surface area contributed by atoms with Crippen LogP contribution in [0.15, 0.2) is 388 Å². The molecule has 0 bridgehead atoms. The average molecular weight is 1240 g/mol. The van der Waals surface area contributed by atoms with E-state index in [1.54, 1.807) is 0 Å². The summed E-state index contributed by atoms with van der Waals surface area (Å²) in [5.41, 5.74) is 22.4. The molecule has 0 N–H and O–H groups in total.